The van der Waals surface area contributed by atoms with Crippen molar-refractivity contribution in [2.45, 2.75) is 72.2 Å². The standard InChI is InChI=1S/C17H31ClN2O/c1-6-14(18)17-15(7-2)19-20(16(17)8-3)10-12-21-11-9-13(4)5/h13-14H,6-12H2,1-5H3. The summed E-state index contributed by atoms with van der Waals surface area (Å²) in [6.45, 7) is 13.3. The van der Waals surface area contributed by atoms with Crippen LogP contribution in [0.25, 0.3) is 0 Å². The fourth-order valence-corrected chi connectivity index (χ4v) is 2.77. The maximum Gasteiger partial charge on any atom is 0.0671 e. The first-order valence-corrected chi connectivity index (χ1v) is 8.78. The van der Waals surface area contributed by atoms with Gasteiger partial charge in [0.15, 0.2) is 0 Å². The molecule has 1 rings (SSSR count). The van der Waals surface area contributed by atoms with Gasteiger partial charge in [-0.25, -0.2) is 0 Å². The minimum Gasteiger partial charge on any atom is -0.380 e. The van der Waals surface area contributed by atoms with Gasteiger partial charge in [0.05, 0.1) is 24.2 Å². The smallest absolute Gasteiger partial charge is 0.0671 e. The molecule has 4 heteroatoms. The van der Waals surface area contributed by atoms with Gasteiger partial charge in [0, 0.05) is 17.9 Å². The first kappa shape index (κ1) is 18.5. The van der Waals surface area contributed by atoms with Crippen LogP contribution in [0.15, 0.2) is 0 Å². The number of rotatable bonds is 10. The van der Waals surface area contributed by atoms with Gasteiger partial charge in [-0.1, -0.05) is 34.6 Å². The second kappa shape index (κ2) is 9.47. The number of aryl methyl sites for hydroxylation is 1. The Balaban J connectivity index is 2.71. The summed E-state index contributed by atoms with van der Waals surface area (Å²) in [6, 6.07) is 0. The molecule has 3 nitrogen and oxygen atoms in total. The summed E-state index contributed by atoms with van der Waals surface area (Å²) in [6.07, 6.45) is 3.97. The van der Waals surface area contributed by atoms with Gasteiger partial charge >= 0.3 is 0 Å². The van der Waals surface area contributed by atoms with Crippen LogP contribution in [0.4, 0.5) is 0 Å². The first-order valence-electron chi connectivity index (χ1n) is 8.35. The summed E-state index contributed by atoms with van der Waals surface area (Å²) in [4.78, 5) is 0. The monoisotopic (exact) mass is 314 g/mol. The summed E-state index contributed by atoms with van der Waals surface area (Å²) in [7, 11) is 0. The molecule has 1 unspecified atom stereocenters. The van der Waals surface area contributed by atoms with E-state index >= 15 is 0 Å². The Bertz CT molecular complexity index is 415. The molecule has 0 bridgehead atoms. The van der Waals surface area contributed by atoms with Crippen molar-refractivity contribution < 1.29 is 4.74 Å². The maximum atomic E-state index is 6.51. The normalized spacial score (nSPS) is 13.1. The van der Waals surface area contributed by atoms with E-state index in [-0.39, 0.29) is 5.38 Å². The summed E-state index contributed by atoms with van der Waals surface area (Å²) in [5.74, 6) is 0.695. The van der Waals surface area contributed by atoms with Gasteiger partial charge in [-0.3, -0.25) is 4.68 Å². The zero-order chi connectivity index (χ0) is 15.8. The summed E-state index contributed by atoms with van der Waals surface area (Å²) < 4.78 is 7.83. The fraction of sp³-hybridized carbons (Fsp3) is 0.824. The molecule has 0 N–H and O–H groups in total. The van der Waals surface area contributed by atoms with Crippen molar-refractivity contribution in [1.29, 1.82) is 0 Å². The van der Waals surface area contributed by atoms with E-state index in [1.165, 1.54) is 11.3 Å². The summed E-state index contributed by atoms with van der Waals surface area (Å²) >= 11 is 6.51. The van der Waals surface area contributed by atoms with E-state index in [4.69, 9.17) is 21.4 Å². The Kier molecular flexibility index (Phi) is 8.35. The van der Waals surface area contributed by atoms with Gasteiger partial charge in [-0.05, 0) is 31.6 Å². The van der Waals surface area contributed by atoms with Crippen molar-refractivity contribution in [1.82, 2.24) is 9.78 Å². The average molecular weight is 315 g/mol. The molecule has 0 aliphatic carbocycles. The van der Waals surface area contributed by atoms with Crippen molar-refractivity contribution in [2.75, 3.05) is 13.2 Å². The molecule has 1 aromatic heterocycles. The molecule has 21 heavy (non-hydrogen) atoms. The van der Waals surface area contributed by atoms with E-state index in [1.54, 1.807) is 0 Å². The lowest BCUT2D eigenvalue weighted by atomic mass is 10.0. The van der Waals surface area contributed by atoms with E-state index in [0.717, 1.165) is 51.1 Å². The highest BCUT2D eigenvalue weighted by molar-refractivity contribution is 6.20. The topological polar surface area (TPSA) is 27.1 Å². The van der Waals surface area contributed by atoms with Gasteiger partial charge < -0.3 is 4.74 Å². The quantitative estimate of drug-likeness (QED) is 0.460. The number of halogens is 1. The van der Waals surface area contributed by atoms with E-state index in [9.17, 15) is 0 Å². The van der Waals surface area contributed by atoms with Crippen LogP contribution in [-0.4, -0.2) is 23.0 Å². The van der Waals surface area contributed by atoms with Crippen molar-refractivity contribution in [3.05, 3.63) is 17.0 Å². The molecule has 0 aliphatic rings. The minimum atomic E-state index is 0.0745. The zero-order valence-electron chi connectivity index (χ0n) is 14.3. The van der Waals surface area contributed by atoms with Crippen LogP contribution < -0.4 is 0 Å². The Morgan fingerprint density at radius 2 is 1.86 bits per heavy atom. The Morgan fingerprint density at radius 3 is 2.38 bits per heavy atom. The van der Waals surface area contributed by atoms with E-state index in [2.05, 4.69) is 39.3 Å². The zero-order valence-corrected chi connectivity index (χ0v) is 15.0. The molecule has 0 saturated heterocycles. The minimum absolute atomic E-state index is 0.0745. The van der Waals surface area contributed by atoms with Crippen LogP contribution in [0.2, 0.25) is 0 Å². The molecule has 0 spiro atoms. The van der Waals surface area contributed by atoms with Crippen molar-refractivity contribution in [3.8, 4) is 0 Å². The number of nitrogens with zero attached hydrogens (tertiary/aromatic N) is 2. The predicted molar refractivity (Wildman–Crippen MR) is 90.1 cm³/mol. The molecule has 1 atom stereocenters. The lowest BCUT2D eigenvalue weighted by molar-refractivity contribution is 0.113. The fourth-order valence-electron chi connectivity index (χ4n) is 2.52. The van der Waals surface area contributed by atoms with Crippen LogP contribution in [0.5, 0.6) is 0 Å². The van der Waals surface area contributed by atoms with Gasteiger partial charge in [-0.15, -0.1) is 11.6 Å². The summed E-state index contributed by atoms with van der Waals surface area (Å²) in [5, 5.41) is 4.83. The van der Waals surface area contributed by atoms with Crippen LogP contribution in [0.1, 0.15) is 69.8 Å². The molecule has 0 saturated carbocycles. The predicted octanol–water partition coefficient (Wildman–Crippen LogP) is 4.76. The third-order valence-corrected chi connectivity index (χ3v) is 4.33. The third kappa shape index (κ3) is 5.30. The number of ether oxygens (including phenoxy) is 1. The largest absolute Gasteiger partial charge is 0.380 e. The lowest BCUT2D eigenvalue weighted by Crippen LogP contribution is -2.12. The second-order valence-corrected chi connectivity index (χ2v) is 6.43. The lowest BCUT2D eigenvalue weighted by Gasteiger charge is -2.11. The Hall–Kier alpha value is -0.540. The molecule has 0 fully saturated rings. The number of hydrogen-bond acceptors (Lipinski definition) is 2. The second-order valence-electron chi connectivity index (χ2n) is 5.91. The SMILES string of the molecule is CCc1nn(CCOCCC(C)C)c(CC)c1C(Cl)CC. The molecule has 122 valence electrons. The van der Waals surface area contributed by atoms with Crippen LogP contribution in [-0.2, 0) is 24.1 Å². The Labute approximate surface area is 135 Å². The van der Waals surface area contributed by atoms with Gasteiger partial charge in [0.25, 0.3) is 0 Å². The molecule has 0 aromatic carbocycles. The highest BCUT2D eigenvalue weighted by Gasteiger charge is 2.20. The molecule has 0 aliphatic heterocycles. The number of hydrogen-bond donors (Lipinski definition) is 0. The van der Waals surface area contributed by atoms with Crippen LogP contribution in [0, 0.1) is 5.92 Å². The summed E-state index contributed by atoms with van der Waals surface area (Å²) in [5.41, 5.74) is 3.68. The first-order chi connectivity index (χ1) is 10.0. The Morgan fingerprint density at radius 1 is 1.14 bits per heavy atom. The molecule has 1 aromatic rings. The molecule has 0 radical (unpaired) electrons. The third-order valence-electron chi connectivity index (χ3n) is 3.80. The molecular formula is C17H31ClN2O. The highest BCUT2D eigenvalue weighted by atomic mass is 35.5. The van der Waals surface area contributed by atoms with E-state index in [1.807, 2.05) is 0 Å². The van der Waals surface area contributed by atoms with Gasteiger partial charge in [0.1, 0.15) is 0 Å². The van der Waals surface area contributed by atoms with Gasteiger partial charge in [0.2, 0.25) is 0 Å². The van der Waals surface area contributed by atoms with Crippen molar-refractivity contribution in [3.63, 3.8) is 0 Å². The average Bonchev–Trinajstić information content (AvgIpc) is 2.83. The molecular weight excluding hydrogens is 284 g/mol. The van der Waals surface area contributed by atoms with Crippen LogP contribution in [0.3, 0.4) is 0 Å². The van der Waals surface area contributed by atoms with Crippen molar-refractivity contribution in [2.24, 2.45) is 5.92 Å². The maximum absolute atomic E-state index is 6.51. The van der Waals surface area contributed by atoms with E-state index < -0.39 is 0 Å². The van der Waals surface area contributed by atoms with Crippen molar-refractivity contribution >= 4 is 11.6 Å². The molecule has 0 amide bonds. The highest BCUT2D eigenvalue weighted by Crippen LogP contribution is 2.31. The number of alkyl halides is 1. The van der Waals surface area contributed by atoms with E-state index in [0.29, 0.717) is 5.92 Å². The number of aromatic nitrogens is 2. The molecule has 1 heterocycles. The van der Waals surface area contributed by atoms with Gasteiger partial charge in [-0.2, -0.15) is 5.10 Å². The van der Waals surface area contributed by atoms with Crippen LogP contribution >= 0.6 is 11.6 Å².